The first-order chi connectivity index (χ1) is 16.1. The number of hydrogen-bond donors (Lipinski definition) is 1. The fourth-order valence-electron chi connectivity index (χ4n) is 3.39. The van der Waals surface area contributed by atoms with Gasteiger partial charge in [-0.1, -0.05) is 30.3 Å². The van der Waals surface area contributed by atoms with E-state index in [2.05, 4.69) is 20.5 Å². The van der Waals surface area contributed by atoms with Gasteiger partial charge in [0, 0.05) is 22.9 Å². The lowest BCUT2D eigenvalue weighted by Crippen LogP contribution is -2.10. The van der Waals surface area contributed by atoms with Gasteiger partial charge in [0.1, 0.15) is 5.82 Å². The van der Waals surface area contributed by atoms with Gasteiger partial charge in [0.25, 0.3) is 0 Å². The number of hydrogen-bond acceptors (Lipinski definition) is 6. The van der Waals surface area contributed by atoms with Crippen LogP contribution in [0.2, 0.25) is 0 Å². The molecule has 0 aliphatic carbocycles. The number of primary amides is 1. The number of nitrogens with two attached hydrogens (primary N) is 1. The minimum atomic E-state index is -0.516. The monoisotopic (exact) mass is 437 g/mol. The lowest BCUT2D eigenvalue weighted by Gasteiger charge is -2.11. The predicted molar refractivity (Wildman–Crippen MR) is 120 cm³/mol. The first-order valence-corrected chi connectivity index (χ1v) is 9.97. The molecule has 0 radical (unpaired) electrons. The van der Waals surface area contributed by atoms with E-state index in [0.717, 1.165) is 5.69 Å². The molecule has 0 aliphatic rings. The lowest BCUT2D eigenvalue weighted by molar-refractivity contribution is 0.100. The van der Waals surface area contributed by atoms with Crippen LogP contribution < -0.4 is 5.73 Å². The molecule has 0 aliphatic heterocycles. The molecule has 0 saturated carbocycles. The molecule has 8 nitrogen and oxygen atoms in total. The van der Waals surface area contributed by atoms with Crippen LogP contribution in [0.5, 0.6) is 0 Å². The second-order valence-corrected chi connectivity index (χ2v) is 7.15. The van der Waals surface area contributed by atoms with Crippen LogP contribution in [0.25, 0.3) is 39.7 Å². The van der Waals surface area contributed by atoms with Crippen molar-refractivity contribution in [3.05, 3.63) is 96.4 Å². The number of halogens is 1. The van der Waals surface area contributed by atoms with Crippen LogP contribution >= 0.6 is 0 Å². The summed E-state index contributed by atoms with van der Waals surface area (Å²) in [6.07, 6.45) is 1.63. The zero-order valence-electron chi connectivity index (χ0n) is 17.1. The second kappa shape index (κ2) is 8.39. The summed E-state index contributed by atoms with van der Waals surface area (Å²) < 4.78 is 15.2. The number of benzene rings is 3. The van der Waals surface area contributed by atoms with Crippen LogP contribution in [0.1, 0.15) is 10.4 Å². The van der Waals surface area contributed by atoms with Gasteiger partial charge in [-0.15, -0.1) is 5.10 Å². The smallest absolute Gasteiger partial charge is 0.248 e. The largest absolute Gasteiger partial charge is 0.366 e. The van der Waals surface area contributed by atoms with E-state index in [9.17, 15) is 9.18 Å². The molecule has 0 unspecified atom stereocenters. The second-order valence-electron chi connectivity index (χ2n) is 7.15. The maximum atomic E-state index is 13.6. The van der Waals surface area contributed by atoms with Crippen molar-refractivity contribution in [2.45, 2.75) is 0 Å². The molecular formula is C24H16FN7O. The van der Waals surface area contributed by atoms with Crippen molar-refractivity contribution in [3.63, 3.8) is 0 Å². The van der Waals surface area contributed by atoms with E-state index in [1.54, 1.807) is 47.3 Å². The molecule has 0 fully saturated rings. The maximum absolute atomic E-state index is 13.6. The molecule has 2 N–H and O–H groups in total. The zero-order valence-corrected chi connectivity index (χ0v) is 17.1. The topological polar surface area (TPSA) is 112 Å². The van der Waals surface area contributed by atoms with Crippen molar-refractivity contribution >= 4 is 5.91 Å². The highest BCUT2D eigenvalue weighted by atomic mass is 19.1. The molecule has 2 heterocycles. The Morgan fingerprint density at radius 1 is 0.879 bits per heavy atom. The van der Waals surface area contributed by atoms with Gasteiger partial charge in [0.15, 0.2) is 11.6 Å². The number of para-hydroxylation sites is 1. The number of nitrogens with zero attached hydrogens (tertiary/aromatic N) is 6. The average Bonchev–Trinajstić information content (AvgIpc) is 3.35. The Balaban J connectivity index is 1.67. The van der Waals surface area contributed by atoms with E-state index in [1.165, 1.54) is 12.1 Å². The van der Waals surface area contributed by atoms with Gasteiger partial charge < -0.3 is 5.73 Å². The minimum Gasteiger partial charge on any atom is -0.366 e. The Kier molecular flexibility index (Phi) is 5.12. The van der Waals surface area contributed by atoms with Crippen LogP contribution in [0.3, 0.4) is 0 Å². The molecular weight excluding hydrogens is 421 g/mol. The van der Waals surface area contributed by atoms with E-state index < -0.39 is 5.91 Å². The summed E-state index contributed by atoms with van der Waals surface area (Å²) in [5.41, 5.74) is 8.96. The number of amides is 1. The number of carbonyl (C=O) groups is 1. The molecule has 0 spiro atoms. The van der Waals surface area contributed by atoms with Crippen molar-refractivity contribution in [1.29, 1.82) is 0 Å². The van der Waals surface area contributed by atoms with Crippen molar-refractivity contribution in [3.8, 4) is 39.7 Å². The third-order valence-electron chi connectivity index (χ3n) is 5.05. The molecule has 0 atom stereocenters. The highest BCUT2D eigenvalue weighted by Crippen LogP contribution is 2.31. The van der Waals surface area contributed by atoms with Gasteiger partial charge >= 0.3 is 0 Å². The first-order valence-electron chi connectivity index (χ1n) is 9.97. The number of carbonyl (C=O) groups excluding carboxylic acids is 1. The summed E-state index contributed by atoms with van der Waals surface area (Å²) in [5.74, 6) is -0.00714. The summed E-state index contributed by atoms with van der Waals surface area (Å²) >= 11 is 0. The summed E-state index contributed by atoms with van der Waals surface area (Å²) in [6, 6.07) is 22.1. The Bertz CT molecular complexity index is 1430. The fraction of sp³-hybridized carbons (Fsp3) is 0. The highest BCUT2D eigenvalue weighted by Gasteiger charge is 2.19. The summed E-state index contributed by atoms with van der Waals surface area (Å²) in [5, 5.41) is 12.1. The highest BCUT2D eigenvalue weighted by molar-refractivity contribution is 5.93. The average molecular weight is 437 g/mol. The Labute approximate surface area is 187 Å². The van der Waals surface area contributed by atoms with Crippen LogP contribution in [-0.4, -0.2) is 36.1 Å². The minimum absolute atomic E-state index is 0.356. The first kappa shape index (κ1) is 20.1. The standard InChI is InChI=1S/C24H16FN7O/c25-18-12-10-15(11-13-18)21-20(24-29-30-31-32(24)19-4-2-1-3-5-19)14-27-23(28-21)17-8-6-16(7-9-17)22(26)33/h1-14H,(H2,26,33). The molecule has 160 valence electrons. The zero-order chi connectivity index (χ0) is 22.8. The van der Waals surface area contributed by atoms with Gasteiger partial charge in [-0.3, -0.25) is 4.79 Å². The van der Waals surface area contributed by atoms with Crippen LogP contribution in [0.15, 0.2) is 85.1 Å². The lowest BCUT2D eigenvalue weighted by atomic mass is 10.1. The SMILES string of the molecule is NC(=O)c1ccc(-c2ncc(-c3nnnn3-c3ccccc3)c(-c3ccc(F)cc3)n2)cc1. The van der Waals surface area contributed by atoms with Crippen molar-refractivity contribution in [1.82, 2.24) is 30.2 Å². The van der Waals surface area contributed by atoms with Gasteiger partial charge in [-0.2, -0.15) is 4.68 Å². The summed E-state index contributed by atoms with van der Waals surface area (Å²) in [6.45, 7) is 0. The van der Waals surface area contributed by atoms with Crippen molar-refractivity contribution in [2.24, 2.45) is 5.73 Å². The van der Waals surface area contributed by atoms with Crippen molar-refractivity contribution in [2.75, 3.05) is 0 Å². The molecule has 1 amide bonds. The third kappa shape index (κ3) is 3.94. The van der Waals surface area contributed by atoms with Gasteiger partial charge in [-0.05, 0) is 59.0 Å². The number of tetrazole rings is 1. The van der Waals surface area contributed by atoms with E-state index in [4.69, 9.17) is 10.7 Å². The Morgan fingerprint density at radius 3 is 2.27 bits per heavy atom. The van der Waals surface area contributed by atoms with E-state index in [-0.39, 0.29) is 5.82 Å². The van der Waals surface area contributed by atoms with Gasteiger partial charge in [-0.25, -0.2) is 14.4 Å². The molecule has 0 saturated heterocycles. The van der Waals surface area contributed by atoms with Crippen LogP contribution in [0, 0.1) is 5.82 Å². The van der Waals surface area contributed by atoms with Gasteiger partial charge in [0.2, 0.25) is 5.91 Å². The number of aromatic nitrogens is 6. The van der Waals surface area contributed by atoms with Gasteiger partial charge in [0.05, 0.1) is 16.9 Å². The summed E-state index contributed by atoms with van der Waals surface area (Å²) in [7, 11) is 0. The van der Waals surface area contributed by atoms with E-state index >= 15 is 0 Å². The number of rotatable bonds is 5. The van der Waals surface area contributed by atoms with E-state index in [1.807, 2.05) is 30.3 Å². The maximum Gasteiger partial charge on any atom is 0.248 e. The Morgan fingerprint density at radius 2 is 1.58 bits per heavy atom. The van der Waals surface area contributed by atoms with Crippen molar-refractivity contribution < 1.29 is 9.18 Å². The molecule has 5 rings (SSSR count). The normalized spacial score (nSPS) is 10.8. The van der Waals surface area contributed by atoms with Crippen LogP contribution in [0.4, 0.5) is 4.39 Å². The quantitative estimate of drug-likeness (QED) is 0.449. The Hall–Kier alpha value is -4.79. The molecule has 5 aromatic rings. The molecule has 33 heavy (non-hydrogen) atoms. The summed E-state index contributed by atoms with van der Waals surface area (Å²) in [4.78, 5) is 20.6. The molecule has 9 heteroatoms. The third-order valence-corrected chi connectivity index (χ3v) is 5.05. The molecule has 0 bridgehead atoms. The molecule has 2 aromatic heterocycles. The van der Waals surface area contributed by atoms with E-state index in [0.29, 0.717) is 39.6 Å². The fourth-order valence-corrected chi connectivity index (χ4v) is 3.39. The predicted octanol–water partition coefficient (Wildman–Crippen LogP) is 3.69. The van der Waals surface area contributed by atoms with Crippen LogP contribution in [-0.2, 0) is 0 Å². The molecule has 3 aromatic carbocycles.